The van der Waals surface area contributed by atoms with Crippen LogP contribution in [0.25, 0.3) is 0 Å². The fourth-order valence-corrected chi connectivity index (χ4v) is 1.99. The van der Waals surface area contributed by atoms with E-state index in [9.17, 15) is 4.79 Å². The molecular formula is C9H14O2. The van der Waals surface area contributed by atoms with Crippen molar-refractivity contribution < 1.29 is 9.90 Å². The van der Waals surface area contributed by atoms with Crippen LogP contribution in [0.15, 0.2) is 12.2 Å². The zero-order valence-electron chi connectivity index (χ0n) is 7.22. The first kappa shape index (κ1) is 8.31. The lowest BCUT2D eigenvalue weighted by atomic mass is 10.0. The highest BCUT2D eigenvalue weighted by molar-refractivity contribution is 5.79. The molecule has 0 amide bonds. The van der Waals surface area contributed by atoms with Crippen LogP contribution >= 0.6 is 0 Å². The Balaban J connectivity index is 2.81. The Hall–Kier alpha value is -0.790. The van der Waals surface area contributed by atoms with E-state index in [0.29, 0.717) is 0 Å². The quantitative estimate of drug-likeness (QED) is 0.617. The molecule has 0 saturated heterocycles. The summed E-state index contributed by atoms with van der Waals surface area (Å²) in [7, 11) is 0. The molecule has 1 fully saturated rings. The van der Waals surface area contributed by atoms with Gasteiger partial charge in [0.05, 0.1) is 5.41 Å². The maximum absolute atomic E-state index is 10.8. The van der Waals surface area contributed by atoms with Gasteiger partial charge >= 0.3 is 5.97 Å². The highest BCUT2D eigenvalue weighted by Gasteiger charge is 2.64. The zero-order valence-corrected chi connectivity index (χ0v) is 7.22. The fraction of sp³-hybridized carbons (Fsp3) is 0.667. The standard InChI is InChI=1S/C9H14O2/c1-5(2)7-6(3)9(7,4)8(10)11/h6-7H,1H2,2-4H3,(H,10,11). The van der Waals surface area contributed by atoms with Crippen molar-refractivity contribution in [3.05, 3.63) is 12.2 Å². The molecule has 1 aliphatic rings. The van der Waals surface area contributed by atoms with Crippen LogP contribution in [0.2, 0.25) is 0 Å². The molecule has 1 aliphatic carbocycles. The maximum atomic E-state index is 10.8. The Morgan fingerprint density at radius 1 is 1.64 bits per heavy atom. The van der Waals surface area contributed by atoms with Gasteiger partial charge in [0.1, 0.15) is 0 Å². The zero-order chi connectivity index (χ0) is 8.81. The monoisotopic (exact) mass is 154 g/mol. The van der Waals surface area contributed by atoms with Gasteiger partial charge in [-0.25, -0.2) is 0 Å². The van der Waals surface area contributed by atoms with E-state index in [1.54, 1.807) is 6.92 Å². The topological polar surface area (TPSA) is 37.3 Å². The SMILES string of the molecule is C=C(C)C1C(C)C1(C)C(=O)O. The summed E-state index contributed by atoms with van der Waals surface area (Å²) >= 11 is 0. The lowest BCUT2D eigenvalue weighted by Crippen LogP contribution is -2.14. The first-order chi connectivity index (χ1) is 4.92. The average molecular weight is 154 g/mol. The highest BCUT2D eigenvalue weighted by Crippen LogP contribution is 2.61. The molecule has 0 aliphatic heterocycles. The van der Waals surface area contributed by atoms with Crippen LogP contribution in [-0.2, 0) is 4.79 Å². The van der Waals surface area contributed by atoms with Crippen molar-refractivity contribution in [1.82, 2.24) is 0 Å². The van der Waals surface area contributed by atoms with E-state index < -0.39 is 11.4 Å². The van der Waals surface area contributed by atoms with Crippen molar-refractivity contribution in [2.45, 2.75) is 20.8 Å². The third kappa shape index (κ3) is 0.889. The summed E-state index contributed by atoms with van der Waals surface area (Å²) in [6.45, 7) is 9.44. The molecular weight excluding hydrogens is 140 g/mol. The predicted octanol–water partition coefficient (Wildman–Crippen LogP) is 1.92. The molecule has 0 bridgehead atoms. The molecule has 0 radical (unpaired) electrons. The van der Waals surface area contributed by atoms with Crippen molar-refractivity contribution in [3.63, 3.8) is 0 Å². The van der Waals surface area contributed by atoms with Gasteiger partial charge in [-0.2, -0.15) is 0 Å². The van der Waals surface area contributed by atoms with Crippen LogP contribution in [0.4, 0.5) is 0 Å². The summed E-state index contributed by atoms with van der Waals surface area (Å²) in [6, 6.07) is 0. The first-order valence-corrected chi connectivity index (χ1v) is 3.81. The summed E-state index contributed by atoms with van der Waals surface area (Å²) in [6.07, 6.45) is 0. The number of carbonyl (C=O) groups is 1. The van der Waals surface area contributed by atoms with E-state index in [2.05, 4.69) is 6.58 Å². The largest absolute Gasteiger partial charge is 0.481 e. The van der Waals surface area contributed by atoms with Crippen molar-refractivity contribution in [1.29, 1.82) is 0 Å². The van der Waals surface area contributed by atoms with Crippen LogP contribution in [0.3, 0.4) is 0 Å². The van der Waals surface area contributed by atoms with Gasteiger partial charge in [0.25, 0.3) is 0 Å². The molecule has 62 valence electrons. The molecule has 1 saturated carbocycles. The van der Waals surface area contributed by atoms with E-state index in [0.717, 1.165) is 5.57 Å². The molecule has 2 heteroatoms. The summed E-state index contributed by atoms with van der Waals surface area (Å²) in [5.41, 5.74) is 0.452. The number of allylic oxidation sites excluding steroid dienone is 1. The number of carboxylic acids is 1. The van der Waals surface area contributed by atoms with Crippen LogP contribution in [-0.4, -0.2) is 11.1 Å². The van der Waals surface area contributed by atoms with Crippen molar-refractivity contribution in [3.8, 4) is 0 Å². The molecule has 3 unspecified atom stereocenters. The Labute approximate surface area is 66.9 Å². The van der Waals surface area contributed by atoms with Gasteiger partial charge in [0, 0.05) is 0 Å². The first-order valence-electron chi connectivity index (χ1n) is 3.81. The van der Waals surface area contributed by atoms with Gasteiger partial charge in [0.15, 0.2) is 0 Å². The molecule has 0 aromatic carbocycles. The van der Waals surface area contributed by atoms with Crippen molar-refractivity contribution >= 4 is 5.97 Å². The van der Waals surface area contributed by atoms with Gasteiger partial charge in [-0.15, -0.1) is 0 Å². The summed E-state index contributed by atoms with van der Waals surface area (Å²) in [4.78, 5) is 10.8. The van der Waals surface area contributed by atoms with E-state index in [-0.39, 0.29) is 11.8 Å². The number of hydrogen-bond donors (Lipinski definition) is 1. The van der Waals surface area contributed by atoms with Crippen LogP contribution in [0, 0.1) is 17.3 Å². The molecule has 2 nitrogen and oxygen atoms in total. The van der Waals surface area contributed by atoms with Gasteiger partial charge in [-0.05, 0) is 25.7 Å². The third-order valence-electron chi connectivity index (χ3n) is 2.97. The molecule has 1 rings (SSSR count). The summed E-state index contributed by atoms with van der Waals surface area (Å²) in [5, 5.41) is 8.86. The molecule has 0 spiro atoms. The molecule has 0 heterocycles. The fourth-order valence-electron chi connectivity index (χ4n) is 1.99. The molecule has 3 atom stereocenters. The molecule has 11 heavy (non-hydrogen) atoms. The van der Waals surface area contributed by atoms with Crippen LogP contribution in [0.5, 0.6) is 0 Å². The van der Waals surface area contributed by atoms with Gasteiger partial charge in [0.2, 0.25) is 0 Å². The van der Waals surface area contributed by atoms with Gasteiger partial charge in [-0.1, -0.05) is 19.1 Å². The van der Waals surface area contributed by atoms with Gasteiger partial charge < -0.3 is 5.11 Å². The molecule has 0 aromatic rings. The Bertz CT molecular complexity index is 220. The van der Waals surface area contributed by atoms with E-state index in [1.165, 1.54) is 0 Å². The molecule has 1 N–H and O–H groups in total. The second kappa shape index (κ2) is 2.10. The minimum absolute atomic E-state index is 0.181. The third-order valence-corrected chi connectivity index (χ3v) is 2.97. The summed E-state index contributed by atoms with van der Waals surface area (Å²) < 4.78 is 0. The second-order valence-corrected chi connectivity index (χ2v) is 3.70. The maximum Gasteiger partial charge on any atom is 0.310 e. The normalized spacial score (nSPS) is 41.7. The average Bonchev–Trinajstić information content (AvgIpc) is 2.37. The highest BCUT2D eigenvalue weighted by atomic mass is 16.4. The Kier molecular flexibility index (Phi) is 1.58. The van der Waals surface area contributed by atoms with Crippen molar-refractivity contribution in [2.24, 2.45) is 17.3 Å². The Morgan fingerprint density at radius 3 is 2.18 bits per heavy atom. The number of hydrogen-bond acceptors (Lipinski definition) is 1. The van der Waals surface area contributed by atoms with E-state index in [4.69, 9.17) is 5.11 Å². The number of rotatable bonds is 2. The lowest BCUT2D eigenvalue weighted by Gasteiger charge is -2.02. The Morgan fingerprint density at radius 2 is 2.09 bits per heavy atom. The van der Waals surface area contributed by atoms with Crippen LogP contribution in [0.1, 0.15) is 20.8 Å². The van der Waals surface area contributed by atoms with E-state index >= 15 is 0 Å². The minimum atomic E-state index is -0.696. The van der Waals surface area contributed by atoms with Crippen LogP contribution < -0.4 is 0 Å². The lowest BCUT2D eigenvalue weighted by molar-refractivity contribution is -0.143. The van der Waals surface area contributed by atoms with E-state index in [1.807, 2.05) is 13.8 Å². The number of aliphatic carboxylic acids is 1. The number of carboxylic acid groups (broad SMARTS) is 1. The summed E-state index contributed by atoms with van der Waals surface area (Å²) in [5.74, 6) is -0.268. The second-order valence-electron chi connectivity index (χ2n) is 3.70. The molecule has 0 aromatic heterocycles. The predicted molar refractivity (Wildman–Crippen MR) is 43.2 cm³/mol. The minimum Gasteiger partial charge on any atom is -0.481 e. The smallest absolute Gasteiger partial charge is 0.310 e. The van der Waals surface area contributed by atoms with Crippen molar-refractivity contribution in [2.75, 3.05) is 0 Å². The van der Waals surface area contributed by atoms with Gasteiger partial charge in [-0.3, -0.25) is 4.79 Å².